The van der Waals surface area contributed by atoms with Gasteiger partial charge in [0, 0.05) is 6.20 Å². The molecule has 1 amide bonds. The van der Waals surface area contributed by atoms with Gasteiger partial charge in [0.25, 0.3) is 0 Å². The number of thioether (sulfide) groups is 1. The molecule has 6 heteroatoms. The Morgan fingerprint density at radius 1 is 1.62 bits per heavy atom. The number of amides is 1. The van der Waals surface area contributed by atoms with Crippen LogP contribution < -0.4 is 11.3 Å². The van der Waals surface area contributed by atoms with E-state index in [-0.39, 0.29) is 17.1 Å². The molecule has 0 aliphatic rings. The minimum Gasteiger partial charge on any atom is -0.293 e. The summed E-state index contributed by atoms with van der Waals surface area (Å²) in [7, 11) is 0. The van der Waals surface area contributed by atoms with Gasteiger partial charge in [0.1, 0.15) is 5.03 Å². The van der Waals surface area contributed by atoms with Crippen molar-refractivity contribution in [3.63, 3.8) is 0 Å². The maximum Gasteiger partial charge on any atom is 0.247 e. The summed E-state index contributed by atoms with van der Waals surface area (Å²) in [5, 5.41) is 0.895. The standard InChI is InChI=1S/C10H14ClN3OS/c1-6(2)8(9(15)14-12)16-10-7(11)4-3-5-13-10/h3-6,8H,12H2,1-2H3,(H,14,15). The van der Waals surface area contributed by atoms with Crippen LogP contribution in [0.5, 0.6) is 0 Å². The molecule has 0 spiro atoms. The zero-order chi connectivity index (χ0) is 12.1. The first-order valence-corrected chi connectivity index (χ1v) is 6.09. The van der Waals surface area contributed by atoms with Crippen LogP contribution in [0.15, 0.2) is 23.4 Å². The van der Waals surface area contributed by atoms with E-state index in [1.54, 1.807) is 18.3 Å². The van der Waals surface area contributed by atoms with Crippen LogP contribution >= 0.6 is 23.4 Å². The molecule has 4 nitrogen and oxygen atoms in total. The second-order valence-corrected chi connectivity index (χ2v) is 5.12. The smallest absolute Gasteiger partial charge is 0.247 e. The fraction of sp³-hybridized carbons (Fsp3) is 0.400. The first-order chi connectivity index (χ1) is 7.56. The lowest BCUT2D eigenvalue weighted by Crippen LogP contribution is -2.40. The monoisotopic (exact) mass is 259 g/mol. The molecule has 1 aromatic heterocycles. The predicted molar refractivity (Wildman–Crippen MR) is 66.1 cm³/mol. The lowest BCUT2D eigenvalue weighted by Gasteiger charge is -2.18. The van der Waals surface area contributed by atoms with E-state index in [4.69, 9.17) is 17.4 Å². The second kappa shape index (κ2) is 6.08. The summed E-state index contributed by atoms with van der Waals surface area (Å²) in [6, 6.07) is 3.49. The molecule has 0 aromatic carbocycles. The third-order valence-electron chi connectivity index (χ3n) is 1.97. The number of rotatable bonds is 4. The van der Waals surface area contributed by atoms with Crippen molar-refractivity contribution in [3.8, 4) is 0 Å². The highest BCUT2D eigenvalue weighted by Gasteiger charge is 2.24. The Kier molecular flexibility index (Phi) is 5.05. The lowest BCUT2D eigenvalue weighted by molar-refractivity contribution is -0.121. The number of carbonyl (C=O) groups is 1. The molecular weight excluding hydrogens is 246 g/mol. The Morgan fingerprint density at radius 3 is 2.81 bits per heavy atom. The van der Waals surface area contributed by atoms with Gasteiger partial charge in [-0.2, -0.15) is 0 Å². The first kappa shape index (κ1) is 13.3. The quantitative estimate of drug-likeness (QED) is 0.375. The van der Waals surface area contributed by atoms with Crippen molar-refractivity contribution in [2.24, 2.45) is 11.8 Å². The largest absolute Gasteiger partial charge is 0.293 e. The molecule has 88 valence electrons. The highest BCUT2D eigenvalue weighted by molar-refractivity contribution is 8.00. The summed E-state index contributed by atoms with van der Waals surface area (Å²) in [6.45, 7) is 3.90. The molecule has 0 saturated heterocycles. The summed E-state index contributed by atoms with van der Waals surface area (Å²) in [6.07, 6.45) is 1.64. The van der Waals surface area contributed by atoms with Crippen molar-refractivity contribution in [2.45, 2.75) is 24.1 Å². The Hall–Kier alpha value is -0.780. The average molecular weight is 260 g/mol. The molecule has 1 atom stereocenters. The number of hydrazine groups is 1. The van der Waals surface area contributed by atoms with Crippen molar-refractivity contribution in [1.29, 1.82) is 0 Å². The molecule has 1 unspecified atom stereocenters. The van der Waals surface area contributed by atoms with Crippen LogP contribution in [-0.2, 0) is 4.79 Å². The maximum atomic E-state index is 11.5. The van der Waals surface area contributed by atoms with Crippen LogP contribution in [-0.4, -0.2) is 16.1 Å². The van der Waals surface area contributed by atoms with Gasteiger partial charge in [-0.05, 0) is 18.1 Å². The minimum atomic E-state index is -0.294. The van der Waals surface area contributed by atoms with Gasteiger partial charge in [0.15, 0.2) is 0 Å². The summed E-state index contributed by atoms with van der Waals surface area (Å²) >= 11 is 7.30. The highest BCUT2D eigenvalue weighted by atomic mass is 35.5. The number of nitrogens with one attached hydrogen (secondary N) is 1. The highest BCUT2D eigenvalue weighted by Crippen LogP contribution is 2.31. The third-order valence-corrected chi connectivity index (χ3v) is 3.95. The van der Waals surface area contributed by atoms with Gasteiger partial charge >= 0.3 is 0 Å². The number of hydrogen-bond donors (Lipinski definition) is 2. The number of nitrogens with two attached hydrogens (primary N) is 1. The third kappa shape index (κ3) is 3.37. The number of hydrogen-bond acceptors (Lipinski definition) is 4. The van der Waals surface area contributed by atoms with Gasteiger partial charge in [0.2, 0.25) is 5.91 Å². The van der Waals surface area contributed by atoms with Crippen molar-refractivity contribution in [2.75, 3.05) is 0 Å². The first-order valence-electron chi connectivity index (χ1n) is 4.84. The Morgan fingerprint density at radius 2 is 2.31 bits per heavy atom. The lowest BCUT2D eigenvalue weighted by atomic mass is 10.1. The summed E-state index contributed by atoms with van der Waals surface area (Å²) < 4.78 is 0. The Labute approximate surface area is 104 Å². The minimum absolute atomic E-state index is 0.145. The second-order valence-electron chi connectivity index (χ2n) is 3.58. The van der Waals surface area contributed by atoms with E-state index in [0.29, 0.717) is 10.0 Å². The fourth-order valence-corrected chi connectivity index (χ4v) is 2.40. The Bertz CT molecular complexity index is 373. The van der Waals surface area contributed by atoms with Crippen LogP contribution in [0, 0.1) is 5.92 Å². The molecule has 0 radical (unpaired) electrons. The summed E-state index contributed by atoms with van der Waals surface area (Å²) in [4.78, 5) is 15.7. The van der Waals surface area contributed by atoms with Crippen LogP contribution in [0.4, 0.5) is 0 Å². The van der Waals surface area contributed by atoms with Gasteiger partial charge in [-0.3, -0.25) is 10.2 Å². The molecule has 0 aliphatic heterocycles. The summed E-state index contributed by atoms with van der Waals surface area (Å²) in [5.74, 6) is 5.06. The SMILES string of the molecule is CC(C)C(Sc1ncccc1Cl)C(=O)NN. The van der Waals surface area contributed by atoms with Crippen molar-refractivity contribution >= 4 is 29.3 Å². The molecule has 0 bridgehead atoms. The zero-order valence-electron chi connectivity index (χ0n) is 9.11. The van der Waals surface area contributed by atoms with Gasteiger partial charge < -0.3 is 0 Å². The molecule has 3 N–H and O–H groups in total. The number of pyridine rings is 1. The molecule has 0 saturated carbocycles. The van der Waals surface area contributed by atoms with Gasteiger partial charge in [-0.1, -0.05) is 37.2 Å². The van der Waals surface area contributed by atoms with E-state index in [1.165, 1.54) is 11.8 Å². The molecule has 1 heterocycles. The molecular formula is C10H14ClN3OS. The van der Waals surface area contributed by atoms with Crippen molar-refractivity contribution in [1.82, 2.24) is 10.4 Å². The maximum absolute atomic E-state index is 11.5. The van der Waals surface area contributed by atoms with Crippen LogP contribution in [0.2, 0.25) is 5.02 Å². The van der Waals surface area contributed by atoms with Crippen LogP contribution in [0.25, 0.3) is 0 Å². The molecule has 16 heavy (non-hydrogen) atoms. The van der Waals surface area contributed by atoms with Gasteiger partial charge in [-0.15, -0.1) is 0 Å². The van der Waals surface area contributed by atoms with Crippen LogP contribution in [0.1, 0.15) is 13.8 Å². The molecule has 1 aromatic rings. The normalized spacial score (nSPS) is 12.6. The van der Waals surface area contributed by atoms with E-state index < -0.39 is 0 Å². The fourth-order valence-electron chi connectivity index (χ4n) is 1.15. The molecule has 1 rings (SSSR count). The van der Waals surface area contributed by atoms with E-state index in [2.05, 4.69) is 10.4 Å². The summed E-state index contributed by atoms with van der Waals surface area (Å²) in [5.41, 5.74) is 2.16. The van der Waals surface area contributed by atoms with Crippen LogP contribution in [0.3, 0.4) is 0 Å². The molecule has 0 aliphatic carbocycles. The predicted octanol–water partition coefficient (Wildman–Crippen LogP) is 1.84. The van der Waals surface area contributed by atoms with E-state index in [9.17, 15) is 4.79 Å². The zero-order valence-corrected chi connectivity index (χ0v) is 10.7. The average Bonchev–Trinajstić information content (AvgIpc) is 2.26. The Balaban J connectivity index is 2.84. The van der Waals surface area contributed by atoms with E-state index in [0.717, 1.165) is 0 Å². The topological polar surface area (TPSA) is 68.0 Å². The number of carbonyl (C=O) groups excluding carboxylic acids is 1. The van der Waals surface area contributed by atoms with Crippen molar-refractivity contribution < 1.29 is 4.79 Å². The number of nitrogens with zero attached hydrogens (tertiary/aromatic N) is 1. The number of aromatic nitrogens is 1. The molecule has 0 fully saturated rings. The van der Waals surface area contributed by atoms with Gasteiger partial charge in [0.05, 0.1) is 10.3 Å². The van der Waals surface area contributed by atoms with E-state index in [1.807, 2.05) is 13.8 Å². The van der Waals surface area contributed by atoms with Gasteiger partial charge in [-0.25, -0.2) is 10.8 Å². The number of halogens is 1. The van der Waals surface area contributed by atoms with Crippen molar-refractivity contribution in [3.05, 3.63) is 23.4 Å². The van der Waals surface area contributed by atoms with E-state index >= 15 is 0 Å².